The fourth-order valence-corrected chi connectivity index (χ4v) is 6.17. The molecule has 0 unspecified atom stereocenters. The van der Waals surface area contributed by atoms with Crippen molar-refractivity contribution in [3.8, 4) is 0 Å². The van der Waals surface area contributed by atoms with Crippen LogP contribution in [0.1, 0.15) is 62.2 Å². The molecular formula is C30H36N2O9Si. The molecule has 0 aromatic heterocycles. The molecule has 2 N–H and O–H groups in total. The maximum Gasteiger partial charge on any atom is 0.262 e. The van der Waals surface area contributed by atoms with Gasteiger partial charge in [0.15, 0.2) is 14.6 Å². The van der Waals surface area contributed by atoms with Gasteiger partial charge in [0.25, 0.3) is 23.6 Å². The second-order valence-electron chi connectivity index (χ2n) is 12.3. The Hall–Kier alpha value is -3.26. The first-order chi connectivity index (χ1) is 19.7. The van der Waals surface area contributed by atoms with Crippen LogP contribution in [0.2, 0.25) is 18.1 Å². The Morgan fingerprint density at radius 1 is 0.810 bits per heavy atom. The highest BCUT2D eigenvalue weighted by Gasteiger charge is 2.54. The molecule has 5 rings (SSSR count). The summed E-state index contributed by atoms with van der Waals surface area (Å²) in [7, 11) is -2.27. The second kappa shape index (κ2) is 11.1. The first-order valence-electron chi connectivity index (χ1n) is 13.9. The lowest BCUT2D eigenvalue weighted by atomic mass is 9.95. The fourth-order valence-electron chi connectivity index (χ4n) is 5.15. The molecule has 2 aromatic carbocycles. The van der Waals surface area contributed by atoms with Crippen molar-refractivity contribution in [1.82, 2.24) is 9.80 Å². The summed E-state index contributed by atoms with van der Waals surface area (Å²) in [5.41, 5.74) is 0.915. The van der Waals surface area contributed by atoms with E-state index in [9.17, 15) is 29.4 Å². The van der Waals surface area contributed by atoms with E-state index in [-0.39, 0.29) is 35.9 Å². The van der Waals surface area contributed by atoms with Gasteiger partial charge in [-0.15, -0.1) is 0 Å². The van der Waals surface area contributed by atoms with E-state index in [1.807, 2.05) is 13.1 Å². The van der Waals surface area contributed by atoms with Crippen LogP contribution < -0.4 is 0 Å². The number of imide groups is 2. The summed E-state index contributed by atoms with van der Waals surface area (Å²) < 4.78 is 18.3. The smallest absolute Gasteiger partial charge is 0.262 e. The van der Waals surface area contributed by atoms with Crippen molar-refractivity contribution >= 4 is 31.9 Å². The molecule has 1 fully saturated rings. The number of benzene rings is 2. The van der Waals surface area contributed by atoms with Crippen LogP contribution in [0.25, 0.3) is 0 Å². The van der Waals surface area contributed by atoms with Gasteiger partial charge in [0.1, 0.15) is 24.4 Å². The van der Waals surface area contributed by atoms with Crippen molar-refractivity contribution < 1.29 is 43.3 Å². The van der Waals surface area contributed by atoms with Crippen molar-refractivity contribution in [3.05, 3.63) is 70.8 Å². The highest BCUT2D eigenvalue weighted by Crippen LogP contribution is 2.38. The van der Waals surface area contributed by atoms with Crippen molar-refractivity contribution in [2.45, 2.75) is 69.5 Å². The Morgan fingerprint density at radius 2 is 1.29 bits per heavy atom. The Bertz CT molecular complexity index is 1350. The van der Waals surface area contributed by atoms with Crippen molar-refractivity contribution in [2.75, 3.05) is 19.8 Å². The van der Waals surface area contributed by atoms with E-state index in [4.69, 9.17) is 13.9 Å². The summed E-state index contributed by atoms with van der Waals surface area (Å²) in [6, 6.07) is 11.4. The number of carbonyl (C=O) groups excluding carboxylic acids is 4. The molecule has 42 heavy (non-hydrogen) atoms. The highest BCUT2D eigenvalue weighted by molar-refractivity contribution is 6.74. The summed E-state index contributed by atoms with van der Waals surface area (Å²) in [5.74, 6) is -2.23. The van der Waals surface area contributed by atoms with E-state index in [0.717, 1.165) is 9.80 Å². The summed E-state index contributed by atoms with van der Waals surface area (Å²) in [4.78, 5) is 54.2. The normalized spacial score (nSPS) is 26.2. The second-order valence-corrected chi connectivity index (χ2v) is 17.1. The van der Waals surface area contributed by atoms with Crippen molar-refractivity contribution in [1.29, 1.82) is 0 Å². The molecule has 224 valence electrons. The zero-order valence-corrected chi connectivity index (χ0v) is 25.3. The molecule has 0 saturated carbocycles. The van der Waals surface area contributed by atoms with Gasteiger partial charge in [-0.25, -0.2) is 0 Å². The lowest BCUT2D eigenvalue weighted by Crippen LogP contribution is -2.66. The molecule has 12 heteroatoms. The van der Waals surface area contributed by atoms with Crippen LogP contribution in [-0.4, -0.2) is 102 Å². The van der Waals surface area contributed by atoms with Gasteiger partial charge in [-0.3, -0.25) is 29.0 Å². The lowest BCUT2D eigenvalue weighted by molar-refractivity contribution is -0.278. The number of hydrogen-bond donors (Lipinski definition) is 2. The van der Waals surface area contributed by atoms with Crippen LogP contribution in [-0.2, 0) is 13.9 Å². The van der Waals surface area contributed by atoms with Gasteiger partial charge in [0, 0.05) is 0 Å². The van der Waals surface area contributed by atoms with Gasteiger partial charge in [-0.2, -0.15) is 0 Å². The third-order valence-corrected chi connectivity index (χ3v) is 13.2. The maximum absolute atomic E-state index is 13.3. The molecule has 0 bridgehead atoms. The van der Waals surface area contributed by atoms with E-state index in [1.54, 1.807) is 36.4 Å². The number of amides is 4. The average Bonchev–Trinajstić information content (AvgIpc) is 3.34. The number of ether oxygens (including phenoxy) is 2. The number of aliphatic hydroxyl groups is 2. The quantitative estimate of drug-likeness (QED) is 0.347. The molecule has 0 spiro atoms. The Labute approximate surface area is 245 Å². The summed E-state index contributed by atoms with van der Waals surface area (Å²) in [6.45, 7) is 9.87. The molecule has 3 aliphatic rings. The van der Waals surface area contributed by atoms with E-state index >= 15 is 0 Å². The summed E-state index contributed by atoms with van der Waals surface area (Å²) in [6.07, 6.45) is -5.54. The minimum absolute atomic E-state index is 0.0537. The largest absolute Gasteiger partial charge is 0.414 e. The zero-order valence-electron chi connectivity index (χ0n) is 24.3. The Kier molecular flexibility index (Phi) is 7.98. The first kappa shape index (κ1) is 30.2. The molecule has 3 heterocycles. The van der Waals surface area contributed by atoms with Gasteiger partial charge >= 0.3 is 0 Å². The van der Waals surface area contributed by atoms with E-state index < -0.39 is 62.6 Å². The predicted octanol–water partition coefficient (Wildman–Crippen LogP) is 2.43. The Morgan fingerprint density at radius 3 is 1.76 bits per heavy atom. The van der Waals surface area contributed by atoms with E-state index in [0.29, 0.717) is 11.1 Å². The van der Waals surface area contributed by atoms with Gasteiger partial charge in [0.2, 0.25) is 0 Å². The SMILES string of the molecule is CC(C)(C)[Si](C)(C)OC[C@H]1O[C@@H](OCCN2C(=O)c3ccccc3C2=O)[C@H](N2C(=O)c3ccccc3C2=O)[C@@H](O)[C@@H]1O. The molecule has 2 aromatic rings. The topological polar surface area (TPSA) is 143 Å². The van der Waals surface area contributed by atoms with Crippen LogP contribution in [0.4, 0.5) is 0 Å². The van der Waals surface area contributed by atoms with Crippen LogP contribution >= 0.6 is 0 Å². The van der Waals surface area contributed by atoms with Gasteiger partial charge < -0.3 is 24.1 Å². The molecule has 0 aliphatic carbocycles. The first-order valence-corrected chi connectivity index (χ1v) is 16.8. The van der Waals surface area contributed by atoms with Crippen molar-refractivity contribution in [3.63, 3.8) is 0 Å². The molecular weight excluding hydrogens is 560 g/mol. The van der Waals surface area contributed by atoms with Gasteiger partial charge in [-0.05, 0) is 42.4 Å². The molecule has 4 amide bonds. The number of rotatable bonds is 8. The van der Waals surface area contributed by atoms with E-state index in [2.05, 4.69) is 20.8 Å². The van der Waals surface area contributed by atoms with Crippen molar-refractivity contribution in [2.24, 2.45) is 0 Å². The van der Waals surface area contributed by atoms with E-state index in [1.165, 1.54) is 12.1 Å². The minimum Gasteiger partial charge on any atom is -0.414 e. The Balaban J connectivity index is 1.37. The van der Waals surface area contributed by atoms with Gasteiger partial charge in [-0.1, -0.05) is 45.0 Å². The van der Waals surface area contributed by atoms with Crippen LogP contribution in [0.5, 0.6) is 0 Å². The standard InChI is InChI=1S/C30H36N2O9Si/c1-30(2,3)42(4,5)40-16-21-23(33)24(34)22(32-27(37)19-12-8-9-13-20(19)28(32)38)29(41-21)39-15-14-31-25(35)17-10-6-7-11-18(17)26(31)36/h6-13,21-24,29,33-34H,14-16H2,1-5H3/t21-,22-,23-,24-,29-/m1/s1. The predicted molar refractivity (Wildman–Crippen MR) is 152 cm³/mol. The number of fused-ring (bicyclic) bond motifs is 2. The summed E-state index contributed by atoms with van der Waals surface area (Å²) in [5, 5.41) is 22.3. The molecule has 0 radical (unpaired) electrons. The molecule has 11 nitrogen and oxygen atoms in total. The minimum atomic E-state index is -2.27. The zero-order chi connectivity index (χ0) is 30.6. The molecule has 3 aliphatic heterocycles. The highest BCUT2D eigenvalue weighted by atomic mass is 28.4. The van der Waals surface area contributed by atoms with Gasteiger partial charge in [0.05, 0.1) is 42.0 Å². The third kappa shape index (κ3) is 5.12. The summed E-state index contributed by atoms with van der Waals surface area (Å²) >= 11 is 0. The molecule has 1 saturated heterocycles. The maximum atomic E-state index is 13.3. The third-order valence-electron chi connectivity index (χ3n) is 8.68. The van der Waals surface area contributed by atoms with Crippen LogP contribution in [0, 0.1) is 0 Å². The number of carbonyl (C=O) groups is 4. The van der Waals surface area contributed by atoms with Crippen LogP contribution in [0.3, 0.4) is 0 Å². The lowest BCUT2D eigenvalue weighted by Gasteiger charge is -2.46. The van der Waals surface area contributed by atoms with Crippen LogP contribution in [0.15, 0.2) is 48.5 Å². The average molecular weight is 597 g/mol. The number of aliphatic hydroxyl groups excluding tert-OH is 2. The monoisotopic (exact) mass is 596 g/mol. The number of nitrogens with zero attached hydrogens (tertiary/aromatic N) is 2. The molecule has 5 atom stereocenters. The number of hydrogen-bond acceptors (Lipinski definition) is 9. The fraction of sp³-hybridized carbons (Fsp3) is 0.467.